The van der Waals surface area contributed by atoms with Crippen LogP contribution in [0, 0.1) is 5.92 Å². The summed E-state index contributed by atoms with van der Waals surface area (Å²) in [6, 6.07) is 10.4. The second-order valence-corrected chi connectivity index (χ2v) is 4.48. The Hall–Kier alpha value is -1.02. The van der Waals surface area contributed by atoms with Crippen LogP contribution in [0.4, 0.5) is 5.69 Å². The molecule has 0 bridgehead atoms. The average molecular weight is 204 g/mol. The van der Waals surface area contributed by atoms with Gasteiger partial charge >= 0.3 is 0 Å². The first-order valence-electron chi connectivity index (χ1n) is 5.84. The van der Waals surface area contributed by atoms with Crippen molar-refractivity contribution in [2.75, 3.05) is 11.9 Å². The molecular formula is C13H20N2. The zero-order chi connectivity index (χ0) is 10.7. The lowest BCUT2D eigenvalue weighted by atomic mass is 9.89. The first kappa shape index (κ1) is 10.5. The Morgan fingerprint density at radius 2 is 2.00 bits per heavy atom. The third kappa shape index (κ3) is 2.15. The third-order valence-electron chi connectivity index (χ3n) is 3.52. The van der Waals surface area contributed by atoms with Crippen LogP contribution in [-0.4, -0.2) is 12.1 Å². The molecule has 2 nitrogen and oxygen atoms in total. The zero-order valence-corrected chi connectivity index (χ0v) is 9.37. The summed E-state index contributed by atoms with van der Waals surface area (Å²) in [5, 5.41) is 3.63. The van der Waals surface area contributed by atoms with Crippen LogP contribution in [0.3, 0.4) is 0 Å². The lowest BCUT2D eigenvalue weighted by molar-refractivity contribution is 0.404. The van der Waals surface area contributed by atoms with E-state index in [1.165, 1.54) is 18.5 Å². The summed E-state index contributed by atoms with van der Waals surface area (Å²) in [5.41, 5.74) is 7.26. The molecule has 0 amide bonds. The molecule has 1 aromatic carbocycles. The van der Waals surface area contributed by atoms with Gasteiger partial charge in [0.1, 0.15) is 0 Å². The average Bonchev–Trinajstić information content (AvgIpc) is 3.12. The van der Waals surface area contributed by atoms with Crippen LogP contribution >= 0.6 is 0 Å². The molecule has 1 atom stereocenters. The summed E-state index contributed by atoms with van der Waals surface area (Å²) in [4.78, 5) is 0. The Morgan fingerprint density at radius 1 is 1.33 bits per heavy atom. The second-order valence-electron chi connectivity index (χ2n) is 4.48. The highest BCUT2D eigenvalue weighted by molar-refractivity contribution is 5.46. The van der Waals surface area contributed by atoms with Gasteiger partial charge in [0.2, 0.25) is 0 Å². The smallest absolute Gasteiger partial charge is 0.0521 e. The summed E-state index contributed by atoms with van der Waals surface area (Å²) < 4.78 is 0. The molecule has 1 aliphatic carbocycles. The lowest BCUT2D eigenvalue weighted by Gasteiger charge is -2.34. The number of rotatable bonds is 5. The minimum Gasteiger partial charge on any atom is -0.378 e. The maximum absolute atomic E-state index is 5.94. The first-order valence-corrected chi connectivity index (χ1v) is 5.84. The molecule has 3 N–H and O–H groups in total. The molecule has 0 aliphatic heterocycles. The fourth-order valence-corrected chi connectivity index (χ4v) is 2.29. The largest absolute Gasteiger partial charge is 0.378 e. The number of nitrogens with two attached hydrogens (primary N) is 1. The Labute approximate surface area is 91.9 Å². The normalized spacial score (nSPS) is 19.6. The summed E-state index contributed by atoms with van der Waals surface area (Å²) in [7, 11) is 0. The fourth-order valence-electron chi connectivity index (χ4n) is 2.29. The maximum Gasteiger partial charge on any atom is 0.0521 e. The van der Waals surface area contributed by atoms with Crippen molar-refractivity contribution in [2.45, 2.75) is 31.7 Å². The highest BCUT2D eigenvalue weighted by atomic mass is 15.0. The van der Waals surface area contributed by atoms with Gasteiger partial charge in [-0.1, -0.05) is 25.1 Å². The van der Waals surface area contributed by atoms with Crippen molar-refractivity contribution in [3.8, 4) is 0 Å². The summed E-state index contributed by atoms with van der Waals surface area (Å²) in [6.07, 6.45) is 3.75. The number of anilines is 1. The summed E-state index contributed by atoms with van der Waals surface area (Å²) in [6.45, 7) is 2.95. The second kappa shape index (κ2) is 4.23. The standard InChI is InChI=1S/C13H20N2/c1-2-13(10-14,11-8-9-11)15-12-6-4-3-5-7-12/h3-7,11,15H,2,8-10,14H2,1H3. The molecule has 2 heteroatoms. The summed E-state index contributed by atoms with van der Waals surface area (Å²) >= 11 is 0. The van der Waals surface area contributed by atoms with E-state index >= 15 is 0 Å². The highest BCUT2D eigenvalue weighted by Gasteiger charge is 2.42. The van der Waals surface area contributed by atoms with Crippen LogP contribution < -0.4 is 11.1 Å². The number of benzene rings is 1. The van der Waals surface area contributed by atoms with Crippen molar-refractivity contribution >= 4 is 5.69 Å². The Bertz CT molecular complexity index is 300. The molecule has 0 aromatic heterocycles. The van der Waals surface area contributed by atoms with Crippen LogP contribution in [-0.2, 0) is 0 Å². The third-order valence-corrected chi connectivity index (χ3v) is 3.52. The Kier molecular flexibility index (Phi) is 2.96. The monoisotopic (exact) mass is 204 g/mol. The number of hydrogen-bond donors (Lipinski definition) is 2. The predicted octanol–water partition coefficient (Wildman–Crippen LogP) is 2.62. The first-order chi connectivity index (χ1) is 7.30. The highest BCUT2D eigenvalue weighted by Crippen LogP contribution is 2.42. The van der Waals surface area contributed by atoms with Gasteiger partial charge in [0.05, 0.1) is 5.54 Å². The lowest BCUT2D eigenvalue weighted by Crippen LogP contribution is -2.47. The molecule has 82 valence electrons. The number of nitrogens with one attached hydrogen (secondary N) is 1. The minimum absolute atomic E-state index is 0.126. The van der Waals surface area contributed by atoms with E-state index in [0.29, 0.717) is 0 Å². The van der Waals surface area contributed by atoms with Gasteiger partial charge < -0.3 is 11.1 Å². The molecule has 1 fully saturated rings. The van der Waals surface area contributed by atoms with E-state index in [1.54, 1.807) is 0 Å². The van der Waals surface area contributed by atoms with Crippen LogP contribution in [0.25, 0.3) is 0 Å². The van der Waals surface area contributed by atoms with Gasteiger partial charge in [0.15, 0.2) is 0 Å². The van der Waals surface area contributed by atoms with Gasteiger partial charge in [-0.05, 0) is 37.3 Å². The molecule has 1 aromatic rings. The van der Waals surface area contributed by atoms with Crippen molar-refractivity contribution in [1.29, 1.82) is 0 Å². The van der Waals surface area contributed by atoms with Crippen LogP contribution in [0.2, 0.25) is 0 Å². The van der Waals surface area contributed by atoms with Gasteiger partial charge in [-0.15, -0.1) is 0 Å². The SMILES string of the molecule is CCC(CN)(Nc1ccccc1)C1CC1. The van der Waals surface area contributed by atoms with E-state index in [9.17, 15) is 0 Å². The van der Waals surface area contributed by atoms with Crippen molar-refractivity contribution in [1.82, 2.24) is 0 Å². The quantitative estimate of drug-likeness (QED) is 0.773. The molecular weight excluding hydrogens is 184 g/mol. The Balaban J connectivity index is 2.13. The van der Waals surface area contributed by atoms with E-state index in [0.717, 1.165) is 18.9 Å². The van der Waals surface area contributed by atoms with Crippen molar-refractivity contribution in [2.24, 2.45) is 11.7 Å². The van der Waals surface area contributed by atoms with Crippen molar-refractivity contribution in [3.05, 3.63) is 30.3 Å². The Morgan fingerprint density at radius 3 is 2.47 bits per heavy atom. The number of para-hydroxylation sites is 1. The number of hydrogen-bond acceptors (Lipinski definition) is 2. The van der Waals surface area contributed by atoms with Crippen LogP contribution in [0.15, 0.2) is 30.3 Å². The van der Waals surface area contributed by atoms with E-state index < -0.39 is 0 Å². The minimum atomic E-state index is 0.126. The van der Waals surface area contributed by atoms with Crippen molar-refractivity contribution < 1.29 is 0 Å². The molecule has 1 saturated carbocycles. The van der Waals surface area contributed by atoms with E-state index in [1.807, 2.05) is 6.07 Å². The van der Waals surface area contributed by atoms with Gasteiger partial charge in [-0.25, -0.2) is 0 Å². The van der Waals surface area contributed by atoms with E-state index in [2.05, 4.69) is 36.5 Å². The molecule has 2 rings (SSSR count). The van der Waals surface area contributed by atoms with Gasteiger partial charge in [0, 0.05) is 12.2 Å². The topological polar surface area (TPSA) is 38.0 Å². The molecule has 15 heavy (non-hydrogen) atoms. The molecule has 1 unspecified atom stereocenters. The van der Waals surface area contributed by atoms with Gasteiger partial charge in [-0.3, -0.25) is 0 Å². The van der Waals surface area contributed by atoms with E-state index in [-0.39, 0.29) is 5.54 Å². The predicted molar refractivity (Wildman–Crippen MR) is 64.9 cm³/mol. The fraction of sp³-hybridized carbons (Fsp3) is 0.538. The molecule has 0 saturated heterocycles. The molecule has 1 aliphatic rings. The molecule has 0 heterocycles. The van der Waals surface area contributed by atoms with E-state index in [4.69, 9.17) is 5.73 Å². The molecule has 0 spiro atoms. The van der Waals surface area contributed by atoms with Gasteiger partial charge in [0.25, 0.3) is 0 Å². The maximum atomic E-state index is 5.94. The summed E-state index contributed by atoms with van der Waals surface area (Å²) in [5.74, 6) is 0.771. The zero-order valence-electron chi connectivity index (χ0n) is 9.37. The van der Waals surface area contributed by atoms with Crippen LogP contribution in [0.1, 0.15) is 26.2 Å². The van der Waals surface area contributed by atoms with Crippen LogP contribution in [0.5, 0.6) is 0 Å². The van der Waals surface area contributed by atoms with Gasteiger partial charge in [-0.2, -0.15) is 0 Å². The van der Waals surface area contributed by atoms with Crippen molar-refractivity contribution in [3.63, 3.8) is 0 Å². The molecule has 0 radical (unpaired) electrons.